The lowest BCUT2D eigenvalue weighted by Crippen LogP contribution is -2.34. The minimum Gasteiger partial charge on any atom is -0.481 e. The SMILES string of the molecule is CSc1ccccc1C(CC(=O)O)NC(=O)CNc1ccc2c(N)nccc2c1. The molecule has 1 amide bonds. The van der Waals surface area contributed by atoms with Crippen molar-refractivity contribution in [3.8, 4) is 0 Å². The van der Waals surface area contributed by atoms with Gasteiger partial charge in [0, 0.05) is 22.2 Å². The molecule has 0 saturated heterocycles. The van der Waals surface area contributed by atoms with Gasteiger partial charge in [0.1, 0.15) is 5.82 Å². The molecule has 0 saturated carbocycles. The lowest BCUT2D eigenvalue weighted by molar-refractivity contribution is -0.137. The number of carboxylic acids is 1. The molecule has 0 aliphatic rings. The largest absolute Gasteiger partial charge is 0.481 e. The van der Waals surface area contributed by atoms with Crippen molar-refractivity contribution in [1.29, 1.82) is 0 Å². The summed E-state index contributed by atoms with van der Waals surface area (Å²) < 4.78 is 0. The summed E-state index contributed by atoms with van der Waals surface area (Å²) in [5.41, 5.74) is 7.41. The molecule has 150 valence electrons. The highest BCUT2D eigenvalue weighted by molar-refractivity contribution is 7.98. The fourth-order valence-electron chi connectivity index (χ4n) is 3.11. The molecule has 3 aromatic rings. The number of thioether (sulfide) groups is 1. The molecule has 0 radical (unpaired) electrons. The molecule has 1 heterocycles. The number of hydrogen-bond donors (Lipinski definition) is 4. The molecular weight excluding hydrogens is 388 g/mol. The van der Waals surface area contributed by atoms with Crippen molar-refractivity contribution in [2.45, 2.75) is 17.4 Å². The van der Waals surface area contributed by atoms with E-state index >= 15 is 0 Å². The molecule has 0 bridgehead atoms. The van der Waals surface area contributed by atoms with Crippen LogP contribution in [0.1, 0.15) is 18.0 Å². The second-order valence-corrected chi connectivity index (χ2v) is 7.29. The molecule has 5 N–H and O–H groups in total. The van der Waals surface area contributed by atoms with Crippen molar-refractivity contribution in [3.05, 3.63) is 60.3 Å². The van der Waals surface area contributed by atoms with Crippen LogP contribution in [0.4, 0.5) is 11.5 Å². The molecule has 0 aliphatic heterocycles. The third-order valence-corrected chi connectivity index (χ3v) is 5.29. The molecule has 3 rings (SSSR count). The van der Waals surface area contributed by atoms with Gasteiger partial charge in [0.2, 0.25) is 5.91 Å². The van der Waals surface area contributed by atoms with Gasteiger partial charge in [-0.3, -0.25) is 9.59 Å². The van der Waals surface area contributed by atoms with E-state index in [-0.39, 0.29) is 18.9 Å². The van der Waals surface area contributed by atoms with Crippen LogP contribution in [0.5, 0.6) is 0 Å². The summed E-state index contributed by atoms with van der Waals surface area (Å²) in [6.07, 6.45) is 3.36. The number of fused-ring (bicyclic) bond motifs is 1. The number of carboxylic acid groups (broad SMARTS) is 1. The number of anilines is 2. The fraction of sp³-hybridized carbons (Fsp3) is 0.190. The van der Waals surface area contributed by atoms with Crippen molar-refractivity contribution in [2.24, 2.45) is 0 Å². The Balaban J connectivity index is 1.69. The summed E-state index contributed by atoms with van der Waals surface area (Å²) in [6.45, 7) is 0.0175. The van der Waals surface area contributed by atoms with Gasteiger partial charge in [-0.1, -0.05) is 18.2 Å². The van der Waals surface area contributed by atoms with Gasteiger partial charge in [0.15, 0.2) is 0 Å². The number of carbonyl (C=O) groups is 2. The normalized spacial score (nSPS) is 11.8. The van der Waals surface area contributed by atoms with Gasteiger partial charge in [0.25, 0.3) is 0 Å². The van der Waals surface area contributed by atoms with E-state index in [0.717, 1.165) is 26.9 Å². The predicted molar refractivity (Wildman–Crippen MR) is 116 cm³/mol. The lowest BCUT2D eigenvalue weighted by atomic mass is 10.0. The van der Waals surface area contributed by atoms with E-state index in [1.54, 1.807) is 6.20 Å². The van der Waals surface area contributed by atoms with Gasteiger partial charge >= 0.3 is 5.97 Å². The number of nitrogens with zero attached hydrogens (tertiary/aromatic N) is 1. The monoisotopic (exact) mass is 410 g/mol. The molecule has 7 nitrogen and oxygen atoms in total. The average molecular weight is 410 g/mol. The molecule has 2 aromatic carbocycles. The maximum atomic E-state index is 12.5. The molecule has 1 atom stereocenters. The molecule has 29 heavy (non-hydrogen) atoms. The predicted octanol–water partition coefficient (Wildman–Crippen LogP) is 3.28. The summed E-state index contributed by atoms with van der Waals surface area (Å²) >= 11 is 1.52. The molecular formula is C21H22N4O3S. The zero-order valence-corrected chi connectivity index (χ0v) is 16.7. The Kier molecular flexibility index (Phi) is 6.56. The standard InChI is InChI=1S/C21H22N4O3S/c1-29-18-5-3-2-4-16(18)17(11-20(27)28)25-19(26)12-24-14-6-7-15-13(10-14)8-9-23-21(15)22/h2-10,17,24H,11-12H2,1H3,(H2,22,23)(H,25,26)(H,27,28). The lowest BCUT2D eigenvalue weighted by Gasteiger charge is -2.20. The molecule has 0 aliphatic carbocycles. The Hall–Kier alpha value is -3.26. The highest BCUT2D eigenvalue weighted by atomic mass is 32.2. The van der Waals surface area contributed by atoms with Crippen LogP contribution in [0.25, 0.3) is 10.8 Å². The number of aromatic nitrogens is 1. The van der Waals surface area contributed by atoms with Crippen molar-refractivity contribution >= 4 is 45.9 Å². The van der Waals surface area contributed by atoms with Crippen LogP contribution in [0.2, 0.25) is 0 Å². The van der Waals surface area contributed by atoms with E-state index in [1.165, 1.54) is 11.8 Å². The van der Waals surface area contributed by atoms with Crippen molar-refractivity contribution < 1.29 is 14.7 Å². The Bertz CT molecular complexity index is 1040. The maximum Gasteiger partial charge on any atom is 0.305 e. The second kappa shape index (κ2) is 9.29. The second-order valence-electron chi connectivity index (χ2n) is 6.45. The number of amides is 1. The summed E-state index contributed by atoms with van der Waals surface area (Å²) in [7, 11) is 0. The van der Waals surface area contributed by atoms with Gasteiger partial charge in [-0.05, 0) is 47.5 Å². The number of rotatable bonds is 8. The van der Waals surface area contributed by atoms with Crippen molar-refractivity contribution in [1.82, 2.24) is 10.3 Å². The zero-order valence-electron chi connectivity index (χ0n) is 15.9. The first-order chi connectivity index (χ1) is 14.0. The summed E-state index contributed by atoms with van der Waals surface area (Å²) in [5, 5.41) is 16.9. The fourth-order valence-corrected chi connectivity index (χ4v) is 3.77. The van der Waals surface area contributed by atoms with Crippen molar-refractivity contribution in [3.63, 3.8) is 0 Å². The van der Waals surface area contributed by atoms with Crippen LogP contribution >= 0.6 is 11.8 Å². The van der Waals surface area contributed by atoms with E-state index in [9.17, 15) is 14.7 Å². The number of nitrogens with one attached hydrogen (secondary N) is 2. The highest BCUT2D eigenvalue weighted by Gasteiger charge is 2.20. The van der Waals surface area contributed by atoms with Crippen LogP contribution in [0.15, 0.2) is 59.6 Å². The van der Waals surface area contributed by atoms with Gasteiger partial charge in [-0.15, -0.1) is 11.8 Å². The van der Waals surface area contributed by atoms with Gasteiger partial charge < -0.3 is 21.5 Å². The Morgan fingerprint density at radius 3 is 2.76 bits per heavy atom. The number of nitrogens with two attached hydrogens (primary N) is 1. The first-order valence-electron chi connectivity index (χ1n) is 9.00. The Morgan fingerprint density at radius 2 is 2.00 bits per heavy atom. The number of pyridine rings is 1. The first kappa shape index (κ1) is 20.5. The van der Waals surface area contributed by atoms with Crippen LogP contribution in [0.3, 0.4) is 0 Å². The van der Waals surface area contributed by atoms with E-state index in [0.29, 0.717) is 5.82 Å². The van der Waals surface area contributed by atoms with Crippen LogP contribution in [-0.4, -0.2) is 34.8 Å². The first-order valence-corrected chi connectivity index (χ1v) is 10.2. The Morgan fingerprint density at radius 1 is 1.21 bits per heavy atom. The molecule has 8 heteroatoms. The molecule has 1 unspecified atom stereocenters. The van der Waals surface area contributed by atoms with Crippen molar-refractivity contribution in [2.75, 3.05) is 23.9 Å². The number of hydrogen-bond acceptors (Lipinski definition) is 6. The number of carbonyl (C=O) groups excluding carboxylic acids is 1. The molecule has 0 spiro atoms. The van der Waals surface area contributed by atoms with Crippen LogP contribution < -0.4 is 16.4 Å². The number of aliphatic carboxylic acids is 1. The number of benzene rings is 2. The van der Waals surface area contributed by atoms with E-state index in [1.807, 2.05) is 54.8 Å². The Labute approximate surface area is 172 Å². The summed E-state index contributed by atoms with van der Waals surface area (Å²) in [5.74, 6) is -0.808. The minimum atomic E-state index is -0.972. The topological polar surface area (TPSA) is 117 Å². The minimum absolute atomic E-state index is 0.0175. The maximum absolute atomic E-state index is 12.5. The van der Waals surface area contributed by atoms with Gasteiger partial charge in [-0.25, -0.2) is 4.98 Å². The van der Waals surface area contributed by atoms with Gasteiger partial charge in [-0.2, -0.15) is 0 Å². The smallest absolute Gasteiger partial charge is 0.305 e. The zero-order chi connectivity index (χ0) is 20.8. The summed E-state index contributed by atoms with van der Waals surface area (Å²) in [4.78, 5) is 28.8. The quantitative estimate of drug-likeness (QED) is 0.421. The highest BCUT2D eigenvalue weighted by Crippen LogP contribution is 2.28. The third-order valence-electron chi connectivity index (χ3n) is 4.48. The van der Waals surface area contributed by atoms with Gasteiger partial charge in [0.05, 0.1) is 19.0 Å². The van der Waals surface area contributed by atoms with Crippen LogP contribution in [-0.2, 0) is 9.59 Å². The van der Waals surface area contributed by atoms with E-state index in [4.69, 9.17) is 5.73 Å². The molecule has 0 fully saturated rings. The third kappa shape index (κ3) is 5.17. The van der Waals surface area contributed by atoms with E-state index < -0.39 is 12.0 Å². The van der Waals surface area contributed by atoms with E-state index in [2.05, 4.69) is 15.6 Å². The molecule has 1 aromatic heterocycles. The average Bonchev–Trinajstić information content (AvgIpc) is 2.71. The number of nitrogen functional groups attached to an aromatic ring is 1. The van der Waals surface area contributed by atoms with Crippen LogP contribution in [0, 0.1) is 0 Å². The summed E-state index contributed by atoms with van der Waals surface area (Å²) in [6, 6.07) is 14.3.